The number of nitrogens with zero attached hydrogens (tertiary/aromatic N) is 2. The van der Waals surface area contributed by atoms with Crippen LogP contribution in [0.5, 0.6) is 0 Å². The summed E-state index contributed by atoms with van der Waals surface area (Å²) in [5.41, 5.74) is 3.14. The van der Waals surface area contributed by atoms with Crippen molar-refractivity contribution in [2.75, 3.05) is 39.9 Å². The van der Waals surface area contributed by atoms with Crippen LogP contribution in [0.3, 0.4) is 0 Å². The number of rotatable bonds is 6. The molecule has 7 heteroatoms. The molecule has 1 fully saturated rings. The fourth-order valence-corrected chi connectivity index (χ4v) is 3.37. The molecule has 158 valence electrons. The first-order valence-electron chi connectivity index (χ1n) is 9.73. The molecule has 1 heterocycles. The molecular formula is C22H30FIN4O. The number of aryl methyl sites for hydroxylation is 1. The first-order chi connectivity index (χ1) is 13.7. The van der Waals surface area contributed by atoms with Crippen molar-refractivity contribution in [1.29, 1.82) is 0 Å². The molecule has 1 atom stereocenters. The second kappa shape index (κ2) is 12.1. The molecule has 1 aliphatic heterocycles. The highest BCUT2D eigenvalue weighted by Crippen LogP contribution is 2.21. The van der Waals surface area contributed by atoms with Gasteiger partial charge in [0.2, 0.25) is 0 Å². The average Bonchev–Trinajstić information content (AvgIpc) is 2.73. The Morgan fingerprint density at radius 2 is 1.79 bits per heavy atom. The van der Waals surface area contributed by atoms with E-state index in [-0.39, 0.29) is 35.8 Å². The van der Waals surface area contributed by atoms with Gasteiger partial charge in [0.25, 0.3) is 0 Å². The van der Waals surface area contributed by atoms with Crippen LogP contribution >= 0.6 is 24.0 Å². The lowest BCUT2D eigenvalue weighted by molar-refractivity contribution is 0.0170. The number of hydrogen-bond donors (Lipinski definition) is 2. The van der Waals surface area contributed by atoms with E-state index in [0.29, 0.717) is 24.6 Å². The van der Waals surface area contributed by atoms with Crippen LogP contribution in [-0.4, -0.2) is 50.8 Å². The van der Waals surface area contributed by atoms with Gasteiger partial charge in [0.15, 0.2) is 5.96 Å². The molecule has 1 unspecified atom stereocenters. The third kappa shape index (κ3) is 6.94. The lowest BCUT2D eigenvalue weighted by atomic mass is 10.0. The number of guanidine groups is 1. The zero-order chi connectivity index (χ0) is 19.8. The van der Waals surface area contributed by atoms with Crippen molar-refractivity contribution in [3.8, 4) is 0 Å². The van der Waals surface area contributed by atoms with Crippen LogP contribution < -0.4 is 10.6 Å². The lowest BCUT2D eigenvalue weighted by Crippen LogP contribution is -2.46. The van der Waals surface area contributed by atoms with Gasteiger partial charge in [-0.3, -0.25) is 9.89 Å². The third-order valence-electron chi connectivity index (χ3n) is 5.04. The molecule has 0 amide bonds. The molecule has 0 bridgehead atoms. The summed E-state index contributed by atoms with van der Waals surface area (Å²) in [6, 6.07) is 15.7. The Balaban J connectivity index is 0.00000300. The summed E-state index contributed by atoms with van der Waals surface area (Å²) in [7, 11) is 1.73. The predicted octanol–water partition coefficient (Wildman–Crippen LogP) is 3.49. The third-order valence-corrected chi connectivity index (χ3v) is 5.04. The lowest BCUT2D eigenvalue weighted by Gasteiger charge is -2.35. The normalized spacial score (nSPS) is 16.0. The van der Waals surface area contributed by atoms with Gasteiger partial charge in [0.05, 0.1) is 19.3 Å². The molecule has 2 aromatic rings. The molecule has 2 N–H and O–H groups in total. The highest BCUT2D eigenvalue weighted by Gasteiger charge is 2.22. The Morgan fingerprint density at radius 1 is 1.10 bits per heavy atom. The number of halogens is 2. The Bertz CT molecular complexity index is 779. The van der Waals surface area contributed by atoms with Crippen molar-refractivity contribution >= 4 is 29.9 Å². The summed E-state index contributed by atoms with van der Waals surface area (Å²) >= 11 is 0. The van der Waals surface area contributed by atoms with Crippen LogP contribution in [-0.2, 0) is 11.3 Å². The fourth-order valence-electron chi connectivity index (χ4n) is 3.37. The SMILES string of the molecule is CN=C(NCc1ccccc1F)NCC(c1ccc(C)cc1)N1CCOCC1.I. The van der Waals surface area contributed by atoms with Gasteiger partial charge in [0.1, 0.15) is 5.82 Å². The van der Waals surface area contributed by atoms with Crippen LogP contribution in [0.15, 0.2) is 53.5 Å². The molecule has 5 nitrogen and oxygen atoms in total. The minimum absolute atomic E-state index is 0. The van der Waals surface area contributed by atoms with E-state index in [1.165, 1.54) is 17.2 Å². The summed E-state index contributed by atoms with van der Waals surface area (Å²) in [5.74, 6) is 0.449. The minimum Gasteiger partial charge on any atom is -0.379 e. The number of aliphatic imine (C=N–C) groups is 1. The first kappa shape index (κ1) is 23.6. The summed E-state index contributed by atoms with van der Waals surface area (Å²) < 4.78 is 19.4. The fraction of sp³-hybridized carbons (Fsp3) is 0.409. The molecule has 2 aromatic carbocycles. The second-order valence-electron chi connectivity index (χ2n) is 6.97. The van der Waals surface area contributed by atoms with Gasteiger partial charge >= 0.3 is 0 Å². The van der Waals surface area contributed by atoms with E-state index in [4.69, 9.17) is 4.74 Å². The molecule has 0 aliphatic carbocycles. The Hall–Kier alpha value is -1.71. The van der Waals surface area contributed by atoms with Crippen molar-refractivity contribution in [2.24, 2.45) is 4.99 Å². The quantitative estimate of drug-likeness (QED) is 0.354. The van der Waals surface area contributed by atoms with E-state index in [0.717, 1.165) is 26.3 Å². The molecule has 3 rings (SSSR count). The van der Waals surface area contributed by atoms with E-state index < -0.39 is 0 Å². The molecule has 1 saturated heterocycles. The first-order valence-corrected chi connectivity index (χ1v) is 9.73. The topological polar surface area (TPSA) is 48.9 Å². The molecule has 0 radical (unpaired) electrons. The highest BCUT2D eigenvalue weighted by atomic mass is 127. The van der Waals surface area contributed by atoms with Crippen LogP contribution in [0, 0.1) is 12.7 Å². The Kier molecular flexibility index (Phi) is 9.83. The van der Waals surface area contributed by atoms with Crippen molar-refractivity contribution in [1.82, 2.24) is 15.5 Å². The minimum atomic E-state index is -0.212. The van der Waals surface area contributed by atoms with Crippen molar-refractivity contribution in [2.45, 2.75) is 19.5 Å². The zero-order valence-electron chi connectivity index (χ0n) is 17.0. The summed E-state index contributed by atoms with van der Waals surface area (Å²) in [6.07, 6.45) is 0. The molecule has 0 saturated carbocycles. The monoisotopic (exact) mass is 512 g/mol. The maximum absolute atomic E-state index is 13.8. The maximum atomic E-state index is 13.8. The highest BCUT2D eigenvalue weighted by molar-refractivity contribution is 14.0. The van der Waals surface area contributed by atoms with E-state index in [1.807, 2.05) is 6.07 Å². The second-order valence-corrected chi connectivity index (χ2v) is 6.97. The van der Waals surface area contributed by atoms with Crippen molar-refractivity contribution in [3.05, 3.63) is 71.0 Å². The van der Waals surface area contributed by atoms with Gasteiger partial charge < -0.3 is 15.4 Å². The van der Waals surface area contributed by atoms with Gasteiger partial charge in [-0.05, 0) is 18.6 Å². The summed E-state index contributed by atoms with van der Waals surface area (Å²) in [6.45, 7) is 6.51. The van der Waals surface area contributed by atoms with E-state index in [2.05, 4.69) is 51.7 Å². The summed E-state index contributed by atoms with van der Waals surface area (Å²) in [4.78, 5) is 6.72. The molecular weight excluding hydrogens is 482 g/mol. The Labute approximate surface area is 189 Å². The Morgan fingerprint density at radius 3 is 2.45 bits per heavy atom. The van der Waals surface area contributed by atoms with Gasteiger partial charge in [-0.2, -0.15) is 0 Å². The van der Waals surface area contributed by atoms with Crippen LogP contribution in [0.4, 0.5) is 4.39 Å². The zero-order valence-corrected chi connectivity index (χ0v) is 19.4. The predicted molar refractivity (Wildman–Crippen MR) is 126 cm³/mol. The van der Waals surface area contributed by atoms with Crippen LogP contribution in [0.1, 0.15) is 22.7 Å². The van der Waals surface area contributed by atoms with Crippen LogP contribution in [0.25, 0.3) is 0 Å². The maximum Gasteiger partial charge on any atom is 0.191 e. The van der Waals surface area contributed by atoms with E-state index in [9.17, 15) is 4.39 Å². The average molecular weight is 512 g/mol. The molecule has 29 heavy (non-hydrogen) atoms. The largest absolute Gasteiger partial charge is 0.379 e. The van der Waals surface area contributed by atoms with E-state index >= 15 is 0 Å². The number of benzene rings is 2. The standard InChI is InChI=1S/C22H29FN4O.HI/c1-17-7-9-18(10-8-17)21(27-11-13-28-14-12-27)16-26-22(24-2)25-15-19-5-3-4-6-20(19)23;/h3-10,21H,11-16H2,1-2H3,(H2,24,25,26);1H. The smallest absolute Gasteiger partial charge is 0.191 e. The van der Waals surface area contributed by atoms with Crippen LogP contribution in [0.2, 0.25) is 0 Å². The molecule has 0 spiro atoms. The van der Waals surface area contributed by atoms with Crippen molar-refractivity contribution in [3.63, 3.8) is 0 Å². The van der Waals surface area contributed by atoms with Gasteiger partial charge in [-0.1, -0.05) is 48.0 Å². The molecule has 0 aromatic heterocycles. The van der Waals surface area contributed by atoms with Gasteiger partial charge in [-0.15, -0.1) is 24.0 Å². The number of hydrogen-bond acceptors (Lipinski definition) is 3. The van der Waals surface area contributed by atoms with Gasteiger partial charge in [-0.25, -0.2) is 4.39 Å². The molecule has 1 aliphatic rings. The summed E-state index contributed by atoms with van der Waals surface area (Å²) in [5, 5.41) is 6.60. The number of morpholine rings is 1. The number of nitrogens with one attached hydrogen (secondary N) is 2. The number of ether oxygens (including phenoxy) is 1. The van der Waals surface area contributed by atoms with Crippen molar-refractivity contribution < 1.29 is 9.13 Å². The van der Waals surface area contributed by atoms with Gasteiger partial charge in [0, 0.05) is 38.8 Å². The van der Waals surface area contributed by atoms with E-state index in [1.54, 1.807) is 19.2 Å².